The van der Waals surface area contributed by atoms with Gasteiger partial charge in [-0.05, 0) is 19.5 Å². The summed E-state index contributed by atoms with van der Waals surface area (Å²) in [6, 6.07) is 7.14. The number of aryl methyl sites for hydroxylation is 1. The van der Waals surface area contributed by atoms with Crippen LogP contribution in [0.25, 0.3) is 11.3 Å². The lowest BCUT2D eigenvalue weighted by Crippen LogP contribution is -2.26. The number of likely N-dealkylation sites (N-methyl/N-ethyl adjacent to an activating group) is 1. The van der Waals surface area contributed by atoms with Crippen molar-refractivity contribution in [2.24, 2.45) is 0 Å². The number of carbonyl (C=O) groups is 1. The summed E-state index contributed by atoms with van der Waals surface area (Å²) in [4.78, 5) is 18.1. The fourth-order valence-electron chi connectivity index (χ4n) is 1.74. The zero-order valence-electron chi connectivity index (χ0n) is 10.3. The number of rotatable bonds is 4. The van der Waals surface area contributed by atoms with Gasteiger partial charge in [0.15, 0.2) is 6.04 Å². The molecule has 1 unspecified atom stereocenters. The highest BCUT2D eigenvalue weighted by Crippen LogP contribution is 2.19. The molecular formula is C13H15N3O2. The van der Waals surface area contributed by atoms with Crippen molar-refractivity contribution in [3.05, 3.63) is 41.9 Å². The molecule has 0 saturated carbocycles. The zero-order valence-corrected chi connectivity index (χ0v) is 10.3. The van der Waals surface area contributed by atoms with Crippen molar-refractivity contribution in [2.75, 3.05) is 7.05 Å². The second kappa shape index (κ2) is 5.01. The number of hydrogen-bond acceptors (Lipinski definition) is 3. The predicted molar refractivity (Wildman–Crippen MR) is 68.2 cm³/mol. The first-order chi connectivity index (χ1) is 8.61. The van der Waals surface area contributed by atoms with E-state index in [2.05, 4.69) is 15.3 Å². The van der Waals surface area contributed by atoms with Gasteiger partial charge in [0, 0.05) is 0 Å². The van der Waals surface area contributed by atoms with Crippen molar-refractivity contribution in [1.82, 2.24) is 15.3 Å². The lowest BCUT2D eigenvalue weighted by molar-refractivity contribution is -0.139. The summed E-state index contributed by atoms with van der Waals surface area (Å²) in [5.74, 6) is -0.553. The predicted octanol–water partition coefficient (Wildman–Crippen LogP) is 1.73. The zero-order chi connectivity index (χ0) is 13.1. The molecule has 5 nitrogen and oxygen atoms in total. The standard InChI is InChI=1S/C13H15N3O2/c1-8-3-5-9(6-4-8)10-7-15-12(16-10)11(14-2)13(17)18/h3-7,11,14H,1-2H3,(H,15,16)(H,17,18). The number of aromatic nitrogens is 2. The summed E-state index contributed by atoms with van der Waals surface area (Å²) in [5, 5.41) is 11.7. The molecular weight excluding hydrogens is 230 g/mol. The van der Waals surface area contributed by atoms with Gasteiger partial charge < -0.3 is 15.4 Å². The molecule has 0 radical (unpaired) electrons. The number of nitrogens with zero attached hydrogens (tertiary/aromatic N) is 1. The van der Waals surface area contributed by atoms with E-state index in [0.29, 0.717) is 5.82 Å². The summed E-state index contributed by atoms with van der Waals surface area (Å²) < 4.78 is 0. The van der Waals surface area contributed by atoms with E-state index in [4.69, 9.17) is 5.11 Å². The maximum atomic E-state index is 11.0. The first-order valence-corrected chi connectivity index (χ1v) is 5.64. The summed E-state index contributed by atoms with van der Waals surface area (Å²) >= 11 is 0. The third-order valence-electron chi connectivity index (χ3n) is 2.77. The van der Waals surface area contributed by atoms with Gasteiger partial charge in [-0.15, -0.1) is 0 Å². The van der Waals surface area contributed by atoms with Gasteiger partial charge in [0.1, 0.15) is 5.82 Å². The Bertz CT molecular complexity index is 546. The highest BCUT2D eigenvalue weighted by atomic mass is 16.4. The van der Waals surface area contributed by atoms with Gasteiger partial charge >= 0.3 is 5.97 Å². The molecule has 0 aliphatic carbocycles. The molecule has 0 aliphatic rings. The molecule has 1 heterocycles. The van der Waals surface area contributed by atoms with Crippen LogP contribution in [0.1, 0.15) is 17.4 Å². The number of hydrogen-bond donors (Lipinski definition) is 3. The number of carboxylic acid groups (broad SMARTS) is 1. The van der Waals surface area contributed by atoms with Gasteiger partial charge in [-0.25, -0.2) is 4.98 Å². The molecule has 1 aromatic heterocycles. The van der Waals surface area contributed by atoms with Crippen LogP contribution in [0.15, 0.2) is 30.5 Å². The maximum Gasteiger partial charge on any atom is 0.328 e. The molecule has 1 atom stereocenters. The maximum absolute atomic E-state index is 11.0. The van der Waals surface area contributed by atoms with Crippen molar-refractivity contribution >= 4 is 5.97 Å². The molecule has 2 aromatic rings. The lowest BCUT2D eigenvalue weighted by atomic mass is 10.1. The van der Waals surface area contributed by atoms with Crippen molar-refractivity contribution in [1.29, 1.82) is 0 Å². The largest absolute Gasteiger partial charge is 0.480 e. The van der Waals surface area contributed by atoms with Crippen LogP contribution in [0.2, 0.25) is 0 Å². The Labute approximate surface area is 105 Å². The van der Waals surface area contributed by atoms with Crippen molar-refractivity contribution in [2.45, 2.75) is 13.0 Å². The Hall–Kier alpha value is -2.14. The summed E-state index contributed by atoms with van der Waals surface area (Å²) in [6.45, 7) is 2.02. The van der Waals surface area contributed by atoms with Gasteiger partial charge in [0.05, 0.1) is 11.9 Å². The van der Waals surface area contributed by atoms with Crippen LogP contribution in [0.3, 0.4) is 0 Å². The van der Waals surface area contributed by atoms with Crippen LogP contribution in [0.4, 0.5) is 0 Å². The van der Waals surface area contributed by atoms with Gasteiger partial charge in [-0.2, -0.15) is 0 Å². The number of benzene rings is 1. The Balaban J connectivity index is 2.30. The lowest BCUT2D eigenvalue weighted by Gasteiger charge is -2.07. The topological polar surface area (TPSA) is 78.0 Å². The highest BCUT2D eigenvalue weighted by Gasteiger charge is 2.20. The van der Waals surface area contributed by atoms with E-state index < -0.39 is 12.0 Å². The summed E-state index contributed by atoms with van der Waals surface area (Å²) in [5.41, 5.74) is 2.98. The SMILES string of the molecule is CNC(C(=O)O)c1ncc(-c2ccc(C)cc2)[nH]1. The Morgan fingerprint density at radius 3 is 2.61 bits per heavy atom. The smallest absolute Gasteiger partial charge is 0.328 e. The van der Waals surface area contributed by atoms with Crippen molar-refractivity contribution in [3.63, 3.8) is 0 Å². The van der Waals surface area contributed by atoms with Gasteiger partial charge in [-0.3, -0.25) is 4.79 Å². The van der Waals surface area contributed by atoms with Gasteiger partial charge in [0.2, 0.25) is 0 Å². The van der Waals surface area contributed by atoms with E-state index in [1.807, 2.05) is 31.2 Å². The fraction of sp³-hybridized carbons (Fsp3) is 0.231. The quantitative estimate of drug-likeness (QED) is 0.766. The van der Waals surface area contributed by atoms with Crippen molar-refractivity contribution < 1.29 is 9.90 Å². The molecule has 1 aromatic carbocycles. The second-order valence-electron chi connectivity index (χ2n) is 4.11. The molecule has 3 N–H and O–H groups in total. The normalized spacial score (nSPS) is 12.3. The third kappa shape index (κ3) is 2.41. The molecule has 0 fully saturated rings. The molecule has 94 valence electrons. The van der Waals surface area contributed by atoms with Crippen LogP contribution in [-0.2, 0) is 4.79 Å². The van der Waals surface area contributed by atoms with Crippen LogP contribution >= 0.6 is 0 Å². The molecule has 18 heavy (non-hydrogen) atoms. The average Bonchev–Trinajstić information content (AvgIpc) is 2.80. The molecule has 2 rings (SSSR count). The minimum absolute atomic E-state index is 0.403. The second-order valence-corrected chi connectivity index (χ2v) is 4.11. The molecule has 0 saturated heterocycles. The number of nitrogens with one attached hydrogen (secondary N) is 2. The van der Waals surface area contributed by atoms with E-state index in [1.54, 1.807) is 13.2 Å². The number of aromatic amines is 1. The molecule has 5 heteroatoms. The summed E-state index contributed by atoms with van der Waals surface area (Å²) in [7, 11) is 1.59. The van der Waals surface area contributed by atoms with E-state index in [9.17, 15) is 4.79 Å². The number of aliphatic carboxylic acids is 1. The van der Waals surface area contributed by atoms with Crippen LogP contribution in [0, 0.1) is 6.92 Å². The summed E-state index contributed by atoms with van der Waals surface area (Å²) in [6.07, 6.45) is 1.65. The van der Waals surface area contributed by atoms with Crippen LogP contribution < -0.4 is 5.32 Å². The molecule has 0 bridgehead atoms. The fourth-order valence-corrected chi connectivity index (χ4v) is 1.74. The van der Waals surface area contributed by atoms with Gasteiger partial charge in [0.25, 0.3) is 0 Å². The highest BCUT2D eigenvalue weighted by molar-refractivity contribution is 5.74. The number of carboxylic acids is 1. The van der Waals surface area contributed by atoms with Crippen molar-refractivity contribution in [3.8, 4) is 11.3 Å². The van der Waals surface area contributed by atoms with Crippen LogP contribution in [-0.4, -0.2) is 28.1 Å². The molecule has 0 aliphatic heterocycles. The minimum Gasteiger partial charge on any atom is -0.480 e. The first kappa shape index (κ1) is 12.3. The van der Waals surface area contributed by atoms with E-state index >= 15 is 0 Å². The number of imidazole rings is 1. The third-order valence-corrected chi connectivity index (χ3v) is 2.77. The molecule has 0 amide bonds. The van der Waals surface area contributed by atoms with E-state index in [-0.39, 0.29) is 0 Å². The minimum atomic E-state index is -0.956. The number of H-pyrrole nitrogens is 1. The first-order valence-electron chi connectivity index (χ1n) is 5.64. The van der Waals surface area contributed by atoms with E-state index in [0.717, 1.165) is 11.3 Å². The Morgan fingerprint density at radius 2 is 2.06 bits per heavy atom. The monoisotopic (exact) mass is 245 g/mol. The molecule has 0 spiro atoms. The van der Waals surface area contributed by atoms with Gasteiger partial charge in [-0.1, -0.05) is 29.8 Å². The van der Waals surface area contributed by atoms with E-state index in [1.165, 1.54) is 5.56 Å². The average molecular weight is 245 g/mol. The van der Waals surface area contributed by atoms with Crippen LogP contribution in [0.5, 0.6) is 0 Å². The Kier molecular flexibility index (Phi) is 3.43. The Morgan fingerprint density at radius 1 is 1.39 bits per heavy atom.